The predicted octanol–water partition coefficient (Wildman–Crippen LogP) is 5.29. The van der Waals surface area contributed by atoms with E-state index >= 15 is 0 Å². The van der Waals surface area contributed by atoms with E-state index in [4.69, 9.17) is 21.1 Å². The third-order valence-corrected chi connectivity index (χ3v) is 4.89. The molecule has 32 heavy (non-hydrogen) atoms. The van der Waals surface area contributed by atoms with Crippen LogP contribution in [0.1, 0.15) is 41.5 Å². The van der Waals surface area contributed by atoms with Crippen LogP contribution in [0.5, 0.6) is 0 Å². The van der Waals surface area contributed by atoms with Crippen molar-refractivity contribution in [2.45, 2.75) is 52.7 Å². The van der Waals surface area contributed by atoms with Crippen LogP contribution in [0.15, 0.2) is 24.3 Å². The SMILES string of the molecule is CC(C)(C)OC(=O)Nc1cc(N2CCN(C(=O)OC(C)(C)C)CC2)c2ccc(Cl)cc2n1. The first kappa shape index (κ1) is 23.9. The molecule has 0 bridgehead atoms. The third kappa shape index (κ3) is 6.38. The monoisotopic (exact) mass is 462 g/mol. The van der Waals surface area contributed by atoms with Gasteiger partial charge >= 0.3 is 12.2 Å². The topological polar surface area (TPSA) is 84.0 Å². The smallest absolute Gasteiger partial charge is 0.413 e. The highest BCUT2D eigenvalue weighted by Crippen LogP contribution is 2.31. The minimum Gasteiger partial charge on any atom is -0.444 e. The van der Waals surface area contributed by atoms with Gasteiger partial charge in [0.15, 0.2) is 0 Å². The number of piperazine rings is 1. The molecule has 1 aromatic heterocycles. The lowest BCUT2D eigenvalue weighted by molar-refractivity contribution is 0.0240. The molecule has 1 aliphatic heterocycles. The summed E-state index contributed by atoms with van der Waals surface area (Å²) in [6.45, 7) is 13.3. The van der Waals surface area contributed by atoms with Crippen molar-refractivity contribution in [3.8, 4) is 0 Å². The molecule has 8 nitrogen and oxygen atoms in total. The van der Waals surface area contributed by atoms with Crippen LogP contribution in [0.2, 0.25) is 5.02 Å². The van der Waals surface area contributed by atoms with Gasteiger partial charge in [-0.05, 0) is 59.7 Å². The van der Waals surface area contributed by atoms with Gasteiger partial charge in [-0.2, -0.15) is 0 Å². The molecule has 0 atom stereocenters. The Bertz CT molecular complexity index is 1010. The number of carbonyl (C=O) groups excluding carboxylic acids is 2. The van der Waals surface area contributed by atoms with Crippen molar-refractivity contribution < 1.29 is 19.1 Å². The number of rotatable bonds is 2. The lowest BCUT2D eigenvalue weighted by Gasteiger charge is -2.37. The molecule has 3 rings (SSSR count). The zero-order valence-electron chi connectivity index (χ0n) is 19.5. The normalized spacial score (nSPS) is 15.0. The molecule has 2 aromatic rings. The highest BCUT2D eigenvalue weighted by Gasteiger charge is 2.27. The lowest BCUT2D eigenvalue weighted by Crippen LogP contribution is -2.50. The molecule has 1 aliphatic rings. The number of benzene rings is 1. The van der Waals surface area contributed by atoms with Crippen LogP contribution in [0.25, 0.3) is 10.9 Å². The van der Waals surface area contributed by atoms with Crippen LogP contribution in [-0.4, -0.2) is 59.5 Å². The van der Waals surface area contributed by atoms with Crippen LogP contribution in [0, 0.1) is 0 Å². The maximum atomic E-state index is 12.4. The maximum absolute atomic E-state index is 12.4. The average Bonchev–Trinajstić information content (AvgIpc) is 2.64. The van der Waals surface area contributed by atoms with Gasteiger partial charge < -0.3 is 19.3 Å². The van der Waals surface area contributed by atoms with Crippen molar-refractivity contribution in [2.24, 2.45) is 0 Å². The van der Waals surface area contributed by atoms with Gasteiger partial charge in [-0.15, -0.1) is 0 Å². The van der Waals surface area contributed by atoms with Gasteiger partial charge in [-0.3, -0.25) is 5.32 Å². The molecule has 1 aromatic carbocycles. The molecule has 1 fully saturated rings. The minimum atomic E-state index is -0.620. The van der Waals surface area contributed by atoms with E-state index in [2.05, 4.69) is 15.2 Å². The predicted molar refractivity (Wildman–Crippen MR) is 127 cm³/mol. The number of aromatic nitrogens is 1. The Balaban J connectivity index is 1.83. The number of hydrogen-bond donors (Lipinski definition) is 1. The van der Waals surface area contributed by atoms with Gasteiger partial charge in [0, 0.05) is 48.3 Å². The second-order valence-electron chi connectivity index (χ2n) is 9.77. The summed E-state index contributed by atoms with van der Waals surface area (Å²) in [5.74, 6) is 0.374. The Morgan fingerprint density at radius 2 is 1.59 bits per heavy atom. The van der Waals surface area contributed by atoms with Crippen molar-refractivity contribution in [1.82, 2.24) is 9.88 Å². The summed E-state index contributed by atoms with van der Waals surface area (Å²) in [5.41, 5.74) is 0.416. The number of ether oxygens (including phenoxy) is 2. The van der Waals surface area contributed by atoms with E-state index in [0.29, 0.717) is 42.5 Å². The fraction of sp³-hybridized carbons (Fsp3) is 0.522. The number of nitrogens with zero attached hydrogens (tertiary/aromatic N) is 3. The van der Waals surface area contributed by atoms with Crippen molar-refractivity contribution in [3.63, 3.8) is 0 Å². The number of halogens is 1. The van der Waals surface area contributed by atoms with Crippen molar-refractivity contribution in [3.05, 3.63) is 29.3 Å². The van der Waals surface area contributed by atoms with Gasteiger partial charge in [-0.25, -0.2) is 14.6 Å². The Morgan fingerprint density at radius 3 is 2.19 bits per heavy atom. The van der Waals surface area contributed by atoms with Crippen molar-refractivity contribution >= 4 is 46.2 Å². The Hall–Kier alpha value is -2.74. The van der Waals surface area contributed by atoms with Crippen molar-refractivity contribution in [2.75, 3.05) is 36.4 Å². The van der Waals surface area contributed by atoms with Crippen LogP contribution < -0.4 is 10.2 Å². The first-order chi connectivity index (χ1) is 14.8. The summed E-state index contributed by atoms with van der Waals surface area (Å²) in [5, 5.41) is 4.18. The zero-order valence-corrected chi connectivity index (χ0v) is 20.2. The average molecular weight is 463 g/mol. The number of anilines is 2. The summed E-state index contributed by atoms with van der Waals surface area (Å²) < 4.78 is 10.8. The highest BCUT2D eigenvalue weighted by atomic mass is 35.5. The Labute approximate surface area is 193 Å². The number of fused-ring (bicyclic) bond motifs is 1. The molecule has 9 heteroatoms. The molecule has 0 spiro atoms. The van der Waals surface area contributed by atoms with Gasteiger partial charge in [0.1, 0.15) is 17.0 Å². The van der Waals surface area contributed by atoms with Gasteiger partial charge in [0.25, 0.3) is 0 Å². The Kier molecular flexibility index (Phi) is 6.74. The molecule has 0 radical (unpaired) electrons. The van der Waals surface area contributed by atoms with Crippen LogP contribution in [0.4, 0.5) is 21.1 Å². The molecule has 2 amide bonds. The molecule has 1 N–H and O–H groups in total. The number of pyridine rings is 1. The van der Waals surface area contributed by atoms with Gasteiger partial charge in [-0.1, -0.05) is 11.6 Å². The quantitative estimate of drug-likeness (QED) is 0.652. The van der Waals surface area contributed by atoms with Crippen molar-refractivity contribution in [1.29, 1.82) is 0 Å². The Morgan fingerprint density at radius 1 is 0.969 bits per heavy atom. The molecular weight excluding hydrogens is 432 g/mol. The third-order valence-electron chi connectivity index (χ3n) is 4.65. The number of carbonyl (C=O) groups is 2. The van der Waals surface area contributed by atoms with Crippen LogP contribution in [0.3, 0.4) is 0 Å². The molecule has 2 heterocycles. The largest absolute Gasteiger partial charge is 0.444 e. The molecule has 0 saturated carbocycles. The highest BCUT2D eigenvalue weighted by molar-refractivity contribution is 6.31. The number of hydrogen-bond acceptors (Lipinski definition) is 6. The second kappa shape index (κ2) is 9.02. The molecule has 174 valence electrons. The summed E-state index contributed by atoms with van der Waals surface area (Å²) in [4.78, 5) is 33.1. The molecule has 0 unspecified atom stereocenters. The fourth-order valence-corrected chi connectivity index (χ4v) is 3.54. The fourth-order valence-electron chi connectivity index (χ4n) is 3.37. The number of amides is 2. The molecular formula is C23H31ClN4O4. The lowest BCUT2D eigenvalue weighted by atomic mass is 10.1. The van der Waals surface area contributed by atoms with E-state index in [1.807, 2.05) is 39.0 Å². The summed E-state index contributed by atoms with van der Waals surface area (Å²) in [7, 11) is 0. The van der Waals surface area contributed by atoms with Gasteiger partial charge in [0.05, 0.1) is 5.52 Å². The second-order valence-corrected chi connectivity index (χ2v) is 10.2. The maximum Gasteiger partial charge on any atom is 0.413 e. The van der Waals surface area contributed by atoms with E-state index in [0.717, 1.165) is 11.1 Å². The number of nitrogens with one attached hydrogen (secondary N) is 1. The molecule has 1 saturated heterocycles. The van der Waals surface area contributed by atoms with Crippen LogP contribution in [-0.2, 0) is 9.47 Å². The van der Waals surface area contributed by atoms with E-state index in [-0.39, 0.29) is 6.09 Å². The standard InChI is InChI=1S/C23H31ClN4O4/c1-22(2,3)31-20(29)26-19-14-18(16-8-7-15(24)13-17(16)25-19)27-9-11-28(12-10-27)21(30)32-23(4,5)6/h7-8,13-14H,9-12H2,1-6H3,(H,25,26,29). The van der Waals surface area contributed by atoms with E-state index in [9.17, 15) is 9.59 Å². The zero-order chi connectivity index (χ0) is 23.7. The van der Waals surface area contributed by atoms with Gasteiger partial charge in [0.2, 0.25) is 0 Å². The molecule has 0 aliphatic carbocycles. The first-order valence-electron chi connectivity index (χ1n) is 10.6. The van der Waals surface area contributed by atoms with E-state index in [1.54, 1.807) is 31.7 Å². The summed E-state index contributed by atoms with van der Waals surface area (Å²) in [6.07, 6.45) is -0.886. The van der Waals surface area contributed by atoms with Crippen LogP contribution >= 0.6 is 11.6 Å². The van der Waals surface area contributed by atoms with E-state index < -0.39 is 17.3 Å². The first-order valence-corrected chi connectivity index (χ1v) is 11.0. The summed E-state index contributed by atoms with van der Waals surface area (Å²) >= 11 is 6.18. The summed E-state index contributed by atoms with van der Waals surface area (Å²) in [6, 6.07) is 7.31. The minimum absolute atomic E-state index is 0.309. The van der Waals surface area contributed by atoms with E-state index in [1.165, 1.54) is 0 Å².